The van der Waals surface area contributed by atoms with Gasteiger partial charge in [0, 0.05) is 34.5 Å². The molecule has 2 aromatic heterocycles. The van der Waals surface area contributed by atoms with Gasteiger partial charge in [-0.3, -0.25) is 4.98 Å². The van der Waals surface area contributed by atoms with E-state index in [2.05, 4.69) is 152 Å². The summed E-state index contributed by atoms with van der Waals surface area (Å²) in [6.07, 6.45) is 3.69. The predicted molar refractivity (Wildman–Crippen MR) is 208 cm³/mol. The van der Waals surface area contributed by atoms with Gasteiger partial charge in [-0.25, -0.2) is 15.0 Å². The molecule has 2 heterocycles. The lowest BCUT2D eigenvalue weighted by atomic mass is 9.82. The van der Waals surface area contributed by atoms with Crippen LogP contribution >= 0.6 is 0 Å². The highest BCUT2D eigenvalue weighted by atomic mass is 15.0. The van der Waals surface area contributed by atoms with E-state index in [4.69, 9.17) is 15.0 Å². The number of hydrogen-bond acceptors (Lipinski definition) is 4. The first-order valence-corrected chi connectivity index (χ1v) is 17.3. The Morgan fingerprint density at radius 2 is 0.804 bits per heavy atom. The zero-order chi connectivity index (χ0) is 34.4. The van der Waals surface area contributed by atoms with Crippen LogP contribution < -0.4 is 0 Å². The molecule has 1 aliphatic rings. The second-order valence-corrected chi connectivity index (χ2v) is 13.5. The minimum absolute atomic E-state index is 0.112. The minimum Gasteiger partial charge on any atom is -0.264 e. The number of pyridine rings is 1. The molecule has 0 aliphatic heterocycles. The maximum absolute atomic E-state index is 5.14. The molecule has 8 aromatic rings. The summed E-state index contributed by atoms with van der Waals surface area (Å²) in [5, 5.41) is 0. The molecule has 9 rings (SSSR count). The Kier molecular flexibility index (Phi) is 7.44. The summed E-state index contributed by atoms with van der Waals surface area (Å²) in [6, 6.07) is 55.3. The Labute approximate surface area is 298 Å². The van der Waals surface area contributed by atoms with E-state index in [1.807, 2.05) is 30.5 Å². The number of fused-ring (bicyclic) bond motifs is 3. The van der Waals surface area contributed by atoms with Crippen molar-refractivity contribution in [2.45, 2.75) is 19.3 Å². The molecule has 6 aromatic carbocycles. The van der Waals surface area contributed by atoms with E-state index in [-0.39, 0.29) is 5.41 Å². The third kappa shape index (κ3) is 5.51. The van der Waals surface area contributed by atoms with E-state index >= 15 is 0 Å². The van der Waals surface area contributed by atoms with Crippen LogP contribution in [-0.4, -0.2) is 19.9 Å². The number of nitrogens with zero attached hydrogens (tertiary/aromatic N) is 4. The van der Waals surface area contributed by atoms with Gasteiger partial charge < -0.3 is 0 Å². The molecule has 0 bridgehead atoms. The van der Waals surface area contributed by atoms with Gasteiger partial charge in [0.2, 0.25) is 0 Å². The summed E-state index contributed by atoms with van der Waals surface area (Å²) in [5.74, 6) is 1.99. The van der Waals surface area contributed by atoms with Crippen LogP contribution in [0, 0.1) is 0 Å². The van der Waals surface area contributed by atoms with Crippen LogP contribution in [0.5, 0.6) is 0 Å². The van der Waals surface area contributed by atoms with Gasteiger partial charge in [0.25, 0.3) is 0 Å². The van der Waals surface area contributed by atoms with E-state index < -0.39 is 0 Å². The molecule has 0 radical (unpaired) electrons. The van der Waals surface area contributed by atoms with Crippen LogP contribution in [0.3, 0.4) is 0 Å². The average molecular weight is 655 g/mol. The number of aromatic nitrogens is 4. The smallest absolute Gasteiger partial charge is 0.164 e. The summed E-state index contributed by atoms with van der Waals surface area (Å²) < 4.78 is 0. The van der Waals surface area contributed by atoms with Crippen molar-refractivity contribution in [1.82, 2.24) is 19.9 Å². The number of hydrogen-bond donors (Lipinski definition) is 0. The lowest BCUT2D eigenvalue weighted by Crippen LogP contribution is -2.14. The summed E-state index contributed by atoms with van der Waals surface area (Å²) in [4.78, 5) is 19.5. The van der Waals surface area contributed by atoms with Crippen LogP contribution in [0.15, 0.2) is 170 Å². The molecular formula is C47H34N4. The van der Waals surface area contributed by atoms with E-state index in [1.165, 1.54) is 33.4 Å². The molecular weight excluding hydrogens is 621 g/mol. The average Bonchev–Trinajstić information content (AvgIpc) is 3.44. The normalized spacial score (nSPS) is 12.7. The molecule has 0 saturated carbocycles. The first-order chi connectivity index (χ1) is 25.0. The van der Waals surface area contributed by atoms with Crippen molar-refractivity contribution < 1.29 is 0 Å². The Morgan fingerprint density at radius 1 is 0.353 bits per heavy atom. The predicted octanol–water partition coefficient (Wildman–Crippen LogP) is 11.6. The summed E-state index contributed by atoms with van der Waals surface area (Å²) in [7, 11) is 0. The molecule has 0 fully saturated rings. The number of benzene rings is 6. The molecule has 0 amide bonds. The van der Waals surface area contributed by atoms with Crippen molar-refractivity contribution in [3.63, 3.8) is 0 Å². The molecule has 0 spiro atoms. The van der Waals surface area contributed by atoms with Crippen LogP contribution in [0.2, 0.25) is 0 Å². The van der Waals surface area contributed by atoms with E-state index in [9.17, 15) is 0 Å². The van der Waals surface area contributed by atoms with E-state index in [1.54, 1.807) is 6.20 Å². The lowest BCUT2D eigenvalue weighted by Gasteiger charge is -2.21. The van der Waals surface area contributed by atoms with Gasteiger partial charge in [0.15, 0.2) is 17.5 Å². The molecule has 0 atom stereocenters. The van der Waals surface area contributed by atoms with Crippen LogP contribution in [-0.2, 0) is 5.41 Å². The Balaban J connectivity index is 1.06. The largest absolute Gasteiger partial charge is 0.264 e. The fraction of sp³-hybridized carbons (Fsp3) is 0.0638. The Hall–Kier alpha value is -6.52. The van der Waals surface area contributed by atoms with Crippen molar-refractivity contribution in [2.75, 3.05) is 0 Å². The van der Waals surface area contributed by atoms with Crippen LogP contribution in [0.1, 0.15) is 25.0 Å². The topological polar surface area (TPSA) is 51.6 Å². The molecule has 0 saturated heterocycles. The van der Waals surface area contributed by atoms with Gasteiger partial charge in [-0.05, 0) is 61.7 Å². The van der Waals surface area contributed by atoms with E-state index in [0.29, 0.717) is 17.5 Å². The van der Waals surface area contributed by atoms with Gasteiger partial charge in [-0.2, -0.15) is 0 Å². The van der Waals surface area contributed by atoms with Gasteiger partial charge in [-0.1, -0.05) is 166 Å². The molecule has 4 heteroatoms. The van der Waals surface area contributed by atoms with Gasteiger partial charge in [0.05, 0.1) is 0 Å². The molecule has 0 N–H and O–H groups in total. The van der Waals surface area contributed by atoms with Crippen molar-refractivity contribution in [2.24, 2.45) is 0 Å². The summed E-state index contributed by atoms with van der Waals surface area (Å²) in [6.45, 7) is 4.60. The quantitative estimate of drug-likeness (QED) is 0.179. The summed E-state index contributed by atoms with van der Waals surface area (Å²) in [5.41, 5.74) is 14.8. The van der Waals surface area contributed by atoms with Crippen molar-refractivity contribution in [1.29, 1.82) is 0 Å². The molecule has 0 unspecified atom stereocenters. The highest BCUT2D eigenvalue weighted by molar-refractivity contribution is 5.91. The van der Waals surface area contributed by atoms with Gasteiger partial charge in [-0.15, -0.1) is 0 Å². The number of rotatable bonds is 6. The van der Waals surface area contributed by atoms with Crippen molar-refractivity contribution >= 4 is 0 Å². The minimum atomic E-state index is -0.112. The highest BCUT2D eigenvalue weighted by Crippen LogP contribution is 2.51. The summed E-state index contributed by atoms with van der Waals surface area (Å²) >= 11 is 0. The molecule has 242 valence electrons. The second-order valence-electron chi connectivity index (χ2n) is 13.5. The standard InChI is InChI=1S/C47H34N4/c1-47(2)41-15-7-6-13-39(41)43-40(14-8-16-42(43)47)46-50-44(36-10-4-3-5-11-36)49-45(51-46)37-27-25-34(26-28-37)32-19-17-31(18-20-32)33-21-23-35(24-22-33)38-12-9-29-48-30-38/h3-30H,1-2H3. The fourth-order valence-electron chi connectivity index (χ4n) is 7.34. The SMILES string of the molecule is CC1(C)c2ccccc2-c2c(-c3nc(-c4ccccc4)nc(-c4ccc(-c5ccc(-c6ccc(-c7cccnc7)cc6)cc5)cc4)n3)cccc21. The molecule has 51 heavy (non-hydrogen) atoms. The first kappa shape index (κ1) is 30.5. The van der Waals surface area contributed by atoms with Gasteiger partial charge >= 0.3 is 0 Å². The third-order valence-electron chi connectivity index (χ3n) is 10.1. The van der Waals surface area contributed by atoms with Crippen molar-refractivity contribution in [3.8, 4) is 78.7 Å². The highest BCUT2D eigenvalue weighted by Gasteiger charge is 2.37. The van der Waals surface area contributed by atoms with E-state index in [0.717, 1.165) is 38.9 Å². The van der Waals surface area contributed by atoms with Gasteiger partial charge in [0.1, 0.15) is 0 Å². The second kappa shape index (κ2) is 12.4. The maximum atomic E-state index is 5.14. The monoisotopic (exact) mass is 654 g/mol. The fourth-order valence-corrected chi connectivity index (χ4v) is 7.34. The Morgan fingerprint density at radius 3 is 1.39 bits per heavy atom. The molecule has 1 aliphatic carbocycles. The first-order valence-electron chi connectivity index (χ1n) is 17.3. The maximum Gasteiger partial charge on any atom is 0.164 e. The third-order valence-corrected chi connectivity index (χ3v) is 10.1. The zero-order valence-electron chi connectivity index (χ0n) is 28.5. The van der Waals surface area contributed by atoms with Crippen LogP contribution in [0.4, 0.5) is 0 Å². The Bertz CT molecular complexity index is 2500. The van der Waals surface area contributed by atoms with Crippen LogP contribution in [0.25, 0.3) is 78.7 Å². The molecule has 4 nitrogen and oxygen atoms in total. The lowest BCUT2D eigenvalue weighted by molar-refractivity contribution is 0.660. The van der Waals surface area contributed by atoms with Crippen molar-refractivity contribution in [3.05, 3.63) is 181 Å². The zero-order valence-corrected chi connectivity index (χ0v) is 28.5.